The molecule has 0 spiro atoms. The van der Waals surface area contributed by atoms with Crippen molar-refractivity contribution in [1.82, 2.24) is 10.2 Å². The van der Waals surface area contributed by atoms with Gasteiger partial charge in [0.1, 0.15) is 5.69 Å². The number of nitrogens with zero attached hydrogens (tertiary/aromatic N) is 2. The summed E-state index contributed by atoms with van der Waals surface area (Å²) in [5.74, 6) is -0.499. The number of nitro benzene ring substituents is 1. The average Bonchev–Trinajstić information content (AvgIpc) is 2.67. The van der Waals surface area contributed by atoms with Crippen LogP contribution in [0.1, 0.15) is 22.8 Å². The second-order valence-electron chi connectivity index (χ2n) is 6.13. The number of carbonyl (C=O) groups is 2. The highest BCUT2D eigenvalue weighted by Crippen LogP contribution is 2.23. The fourth-order valence-corrected chi connectivity index (χ4v) is 2.51. The lowest BCUT2D eigenvalue weighted by atomic mass is 10.1. The number of benzene rings is 2. The maximum atomic E-state index is 12.5. The van der Waals surface area contributed by atoms with Gasteiger partial charge in [-0.05, 0) is 37.7 Å². The summed E-state index contributed by atoms with van der Waals surface area (Å²) >= 11 is 0. The summed E-state index contributed by atoms with van der Waals surface area (Å²) in [7, 11) is 3.36. The SMILES string of the molecule is CNC(=O)c1ccc(CN(C)[C@H](C)C(=O)Nc2ccccc2[N+](=O)[O-])cc1. The largest absolute Gasteiger partial charge is 0.355 e. The second kappa shape index (κ2) is 8.91. The van der Waals surface area contributed by atoms with Gasteiger partial charge in [-0.3, -0.25) is 24.6 Å². The number of amides is 2. The smallest absolute Gasteiger partial charge is 0.292 e. The molecule has 0 aliphatic rings. The van der Waals surface area contributed by atoms with E-state index in [0.29, 0.717) is 12.1 Å². The molecule has 2 rings (SSSR count). The molecule has 0 saturated heterocycles. The highest BCUT2D eigenvalue weighted by molar-refractivity contribution is 5.96. The van der Waals surface area contributed by atoms with Gasteiger partial charge in [-0.15, -0.1) is 0 Å². The normalized spacial score (nSPS) is 11.7. The summed E-state index contributed by atoms with van der Waals surface area (Å²) in [5, 5.41) is 16.2. The minimum absolute atomic E-state index is 0.148. The first-order valence-corrected chi connectivity index (χ1v) is 8.39. The van der Waals surface area contributed by atoms with Gasteiger partial charge in [0.25, 0.3) is 11.6 Å². The van der Waals surface area contributed by atoms with E-state index in [2.05, 4.69) is 10.6 Å². The molecule has 27 heavy (non-hydrogen) atoms. The zero-order valence-electron chi connectivity index (χ0n) is 15.4. The molecule has 0 saturated carbocycles. The van der Waals surface area contributed by atoms with Gasteiger partial charge in [-0.25, -0.2) is 0 Å². The van der Waals surface area contributed by atoms with Crippen molar-refractivity contribution < 1.29 is 14.5 Å². The lowest BCUT2D eigenvalue weighted by molar-refractivity contribution is -0.383. The minimum atomic E-state index is -0.530. The lowest BCUT2D eigenvalue weighted by Gasteiger charge is -2.24. The molecule has 8 heteroatoms. The summed E-state index contributed by atoms with van der Waals surface area (Å²) < 4.78 is 0. The van der Waals surface area contributed by atoms with E-state index in [0.717, 1.165) is 5.56 Å². The zero-order chi connectivity index (χ0) is 20.0. The van der Waals surface area contributed by atoms with E-state index in [9.17, 15) is 19.7 Å². The highest BCUT2D eigenvalue weighted by atomic mass is 16.6. The Kier molecular flexibility index (Phi) is 6.62. The molecule has 0 fully saturated rings. The number of hydrogen-bond donors (Lipinski definition) is 2. The van der Waals surface area contributed by atoms with Gasteiger partial charge in [0.15, 0.2) is 0 Å². The average molecular weight is 370 g/mol. The van der Waals surface area contributed by atoms with E-state index < -0.39 is 11.0 Å². The van der Waals surface area contributed by atoms with Crippen molar-refractivity contribution in [1.29, 1.82) is 0 Å². The van der Waals surface area contributed by atoms with Gasteiger partial charge in [0, 0.05) is 25.2 Å². The van der Waals surface area contributed by atoms with Gasteiger partial charge in [0.05, 0.1) is 11.0 Å². The summed E-state index contributed by atoms with van der Waals surface area (Å²) in [6.07, 6.45) is 0. The molecule has 2 aromatic rings. The molecule has 0 aromatic heterocycles. The van der Waals surface area contributed by atoms with E-state index in [1.807, 2.05) is 17.0 Å². The van der Waals surface area contributed by atoms with Crippen LogP contribution in [0.15, 0.2) is 48.5 Å². The quantitative estimate of drug-likeness (QED) is 0.575. The van der Waals surface area contributed by atoms with Gasteiger partial charge in [-0.1, -0.05) is 24.3 Å². The molecule has 8 nitrogen and oxygen atoms in total. The Labute approximate surface area is 157 Å². The van der Waals surface area contributed by atoms with Gasteiger partial charge in [0.2, 0.25) is 5.91 Å². The molecule has 1 atom stereocenters. The molecule has 142 valence electrons. The van der Waals surface area contributed by atoms with E-state index in [4.69, 9.17) is 0 Å². The van der Waals surface area contributed by atoms with Crippen molar-refractivity contribution in [2.75, 3.05) is 19.4 Å². The van der Waals surface area contributed by atoms with Crippen molar-refractivity contribution in [3.05, 3.63) is 69.8 Å². The van der Waals surface area contributed by atoms with E-state index in [1.165, 1.54) is 12.1 Å². The van der Waals surface area contributed by atoms with E-state index in [1.54, 1.807) is 45.3 Å². The van der Waals surface area contributed by atoms with Crippen LogP contribution in [0.3, 0.4) is 0 Å². The Morgan fingerprint density at radius 1 is 1.15 bits per heavy atom. The Balaban J connectivity index is 2.02. The first kappa shape index (κ1) is 20.1. The molecular weight excluding hydrogens is 348 g/mol. The Morgan fingerprint density at radius 3 is 2.37 bits per heavy atom. The van der Waals surface area contributed by atoms with Crippen LogP contribution in [-0.4, -0.2) is 41.8 Å². The standard InChI is InChI=1S/C19H22N4O4/c1-13(18(24)21-16-6-4-5-7-17(16)23(26)27)22(3)12-14-8-10-15(11-9-14)19(25)20-2/h4-11,13H,12H2,1-3H3,(H,20,25)(H,21,24)/t13-/m1/s1. The maximum absolute atomic E-state index is 12.5. The fraction of sp³-hybridized carbons (Fsp3) is 0.263. The fourth-order valence-electron chi connectivity index (χ4n) is 2.51. The van der Waals surface area contributed by atoms with E-state index >= 15 is 0 Å². The number of para-hydroxylation sites is 2. The summed E-state index contributed by atoms with van der Waals surface area (Å²) in [6.45, 7) is 2.21. The highest BCUT2D eigenvalue weighted by Gasteiger charge is 2.21. The summed E-state index contributed by atoms with van der Waals surface area (Å²) in [5.41, 5.74) is 1.52. The van der Waals surface area contributed by atoms with E-state index in [-0.39, 0.29) is 23.2 Å². The van der Waals surface area contributed by atoms with Crippen LogP contribution in [-0.2, 0) is 11.3 Å². The van der Waals surface area contributed by atoms with Crippen LogP contribution in [0, 0.1) is 10.1 Å². The second-order valence-corrected chi connectivity index (χ2v) is 6.13. The number of hydrogen-bond acceptors (Lipinski definition) is 5. The van der Waals surface area contributed by atoms with Gasteiger partial charge < -0.3 is 10.6 Å². The lowest BCUT2D eigenvalue weighted by Crippen LogP contribution is -2.39. The van der Waals surface area contributed by atoms with Crippen molar-refractivity contribution in [2.45, 2.75) is 19.5 Å². The van der Waals surface area contributed by atoms with Crippen LogP contribution >= 0.6 is 0 Å². The van der Waals surface area contributed by atoms with Crippen LogP contribution in [0.2, 0.25) is 0 Å². The number of nitro groups is 1. The van der Waals surface area contributed by atoms with Crippen molar-refractivity contribution in [3.63, 3.8) is 0 Å². The predicted molar refractivity (Wildman–Crippen MR) is 102 cm³/mol. The summed E-state index contributed by atoms with van der Waals surface area (Å²) in [4.78, 5) is 36.4. The van der Waals surface area contributed by atoms with Crippen molar-refractivity contribution >= 4 is 23.2 Å². The molecule has 0 bridgehead atoms. The minimum Gasteiger partial charge on any atom is -0.355 e. The number of anilines is 1. The molecule has 0 heterocycles. The Bertz CT molecular complexity index is 836. The molecule has 2 N–H and O–H groups in total. The van der Waals surface area contributed by atoms with Crippen LogP contribution in [0.25, 0.3) is 0 Å². The van der Waals surface area contributed by atoms with Gasteiger partial charge in [-0.2, -0.15) is 0 Å². The number of rotatable bonds is 7. The maximum Gasteiger partial charge on any atom is 0.292 e. The number of nitrogens with one attached hydrogen (secondary N) is 2. The van der Waals surface area contributed by atoms with Gasteiger partial charge >= 0.3 is 0 Å². The summed E-state index contributed by atoms with van der Waals surface area (Å²) in [6, 6.07) is 12.6. The van der Waals surface area contributed by atoms with Crippen LogP contribution in [0.4, 0.5) is 11.4 Å². The zero-order valence-corrected chi connectivity index (χ0v) is 15.4. The predicted octanol–water partition coefficient (Wildman–Crippen LogP) is 2.41. The van der Waals surface area contributed by atoms with Crippen molar-refractivity contribution in [2.24, 2.45) is 0 Å². The first-order valence-electron chi connectivity index (χ1n) is 8.39. The first-order chi connectivity index (χ1) is 12.8. The molecule has 2 amide bonds. The molecule has 2 aromatic carbocycles. The molecular formula is C19H22N4O4. The third kappa shape index (κ3) is 5.11. The molecule has 0 radical (unpaired) electrons. The monoisotopic (exact) mass is 370 g/mol. The van der Waals surface area contributed by atoms with Crippen molar-refractivity contribution in [3.8, 4) is 0 Å². The Hall–Kier alpha value is -3.26. The molecule has 0 aliphatic carbocycles. The number of likely N-dealkylation sites (N-methyl/N-ethyl adjacent to an activating group) is 1. The molecule has 0 aliphatic heterocycles. The Morgan fingerprint density at radius 2 is 1.78 bits per heavy atom. The third-order valence-electron chi connectivity index (χ3n) is 4.27. The van der Waals surface area contributed by atoms with Crippen LogP contribution < -0.4 is 10.6 Å². The topological polar surface area (TPSA) is 105 Å². The third-order valence-corrected chi connectivity index (χ3v) is 4.27. The number of carbonyl (C=O) groups excluding carboxylic acids is 2. The van der Waals surface area contributed by atoms with Crippen LogP contribution in [0.5, 0.6) is 0 Å². The molecule has 0 unspecified atom stereocenters.